The molecule has 0 spiro atoms. The van der Waals surface area contributed by atoms with E-state index in [1.54, 1.807) is 36.2 Å². The van der Waals surface area contributed by atoms with Crippen LogP contribution in [0.5, 0.6) is 5.75 Å². The van der Waals surface area contributed by atoms with Crippen molar-refractivity contribution in [1.82, 2.24) is 15.5 Å². The predicted octanol–water partition coefficient (Wildman–Crippen LogP) is 3.65. The third-order valence-electron chi connectivity index (χ3n) is 6.29. The molecule has 238 valence electrons. The lowest BCUT2D eigenvalue weighted by Gasteiger charge is -2.17. The summed E-state index contributed by atoms with van der Waals surface area (Å²) in [5, 5.41) is 13.3. The van der Waals surface area contributed by atoms with Crippen LogP contribution in [0.4, 0.5) is 13.2 Å². The number of aliphatic carboxylic acids is 1. The minimum Gasteiger partial charge on any atom is -0.494 e. The average Bonchev–Trinajstić information content (AvgIpc) is 3.51. The van der Waals surface area contributed by atoms with E-state index < -0.39 is 22.0 Å². The maximum Gasteiger partial charge on any atom is 0.490 e. The van der Waals surface area contributed by atoms with Crippen LogP contribution in [0.15, 0.2) is 58.4 Å². The molecule has 3 rings (SSSR count). The van der Waals surface area contributed by atoms with Crippen molar-refractivity contribution < 1.29 is 41.0 Å². The number of unbranched alkanes of at least 4 members (excludes halogenated alkanes) is 1. The highest BCUT2D eigenvalue weighted by Gasteiger charge is 2.38. The van der Waals surface area contributed by atoms with Gasteiger partial charge in [-0.1, -0.05) is 37.6 Å². The van der Waals surface area contributed by atoms with Crippen LogP contribution >= 0.6 is 0 Å². The summed E-state index contributed by atoms with van der Waals surface area (Å²) in [6.45, 7) is 5.51. The van der Waals surface area contributed by atoms with Gasteiger partial charge in [-0.2, -0.15) is 13.2 Å². The van der Waals surface area contributed by atoms with Gasteiger partial charge in [0.05, 0.1) is 18.0 Å². The Morgan fingerprint density at radius 2 is 1.74 bits per heavy atom. The van der Waals surface area contributed by atoms with Crippen LogP contribution in [-0.2, 0) is 25.8 Å². The molecule has 0 bridgehead atoms. The van der Waals surface area contributed by atoms with E-state index in [1.165, 1.54) is 5.56 Å². The number of rotatable bonds is 15. The number of hydrogen-bond donors (Lipinski definition) is 3. The Morgan fingerprint density at radius 3 is 2.30 bits per heavy atom. The zero-order valence-corrected chi connectivity index (χ0v) is 25.1. The fourth-order valence-corrected chi connectivity index (χ4v) is 4.90. The quantitative estimate of drug-likeness (QED) is 0.254. The molecule has 0 fully saturated rings. The molecule has 0 saturated carbocycles. The van der Waals surface area contributed by atoms with Gasteiger partial charge in [0.1, 0.15) is 17.5 Å². The third-order valence-corrected chi connectivity index (χ3v) is 7.87. The van der Waals surface area contributed by atoms with E-state index in [4.69, 9.17) is 14.6 Å². The highest BCUT2D eigenvalue weighted by atomic mass is 32.2. The Hall–Kier alpha value is -3.65. The summed E-state index contributed by atoms with van der Waals surface area (Å²) in [7, 11) is -1.63. The molecule has 1 heterocycles. The molecule has 1 aliphatic rings. The molecule has 0 unspecified atom stereocenters. The summed E-state index contributed by atoms with van der Waals surface area (Å²) in [6, 6.07) is 14.8. The van der Waals surface area contributed by atoms with Crippen molar-refractivity contribution in [2.45, 2.75) is 50.1 Å². The molecule has 0 aromatic heterocycles. The first-order chi connectivity index (χ1) is 20.3. The van der Waals surface area contributed by atoms with Crippen LogP contribution in [0.3, 0.4) is 0 Å². The molecule has 0 radical (unpaired) electrons. The van der Waals surface area contributed by atoms with Gasteiger partial charge in [-0.15, -0.1) is 0 Å². The third kappa shape index (κ3) is 13.0. The van der Waals surface area contributed by atoms with E-state index in [0.717, 1.165) is 43.8 Å². The maximum atomic E-state index is 12.5. The van der Waals surface area contributed by atoms with Crippen molar-refractivity contribution in [1.29, 1.82) is 0 Å². The SMILES string of the molecule is CCCCOc1ccc(S(=O)(=O)CNCCCC(=O)N(C)CCc2ccc(C3=NCCN3)cc2)cc1.O=C(O)C(F)(F)F. The van der Waals surface area contributed by atoms with Crippen LogP contribution in [0.2, 0.25) is 0 Å². The number of amidine groups is 1. The second kappa shape index (κ2) is 17.5. The fourth-order valence-electron chi connectivity index (χ4n) is 3.76. The summed E-state index contributed by atoms with van der Waals surface area (Å²) in [5.41, 5.74) is 2.26. The molecule has 3 N–H and O–H groups in total. The van der Waals surface area contributed by atoms with Gasteiger partial charge in [0, 0.05) is 32.1 Å². The second-order valence-electron chi connectivity index (χ2n) is 9.76. The Labute approximate surface area is 250 Å². The predicted molar refractivity (Wildman–Crippen MR) is 157 cm³/mol. The van der Waals surface area contributed by atoms with E-state index in [-0.39, 0.29) is 16.7 Å². The van der Waals surface area contributed by atoms with Crippen LogP contribution in [0, 0.1) is 0 Å². The first kappa shape index (κ1) is 35.5. The molecular formula is C29H39F3N4O6S. The summed E-state index contributed by atoms with van der Waals surface area (Å²) < 4.78 is 62.4. The lowest BCUT2D eigenvalue weighted by molar-refractivity contribution is -0.192. The standard InChI is InChI=1S/C27H38N4O4S.C2HF3O2/c1-3-4-20-35-24-11-13-25(14-12-24)36(33,34)21-28-16-5-6-26(32)31(2)19-15-22-7-9-23(10-8-22)27-29-17-18-30-27;3-2(4,5)1(6)7/h7-14,28H,3-6,15-21H2,1-2H3,(H,29,30);(H,6,7). The Kier molecular flexibility index (Phi) is 14.4. The van der Waals surface area contributed by atoms with Crippen molar-refractivity contribution in [3.8, 4) is 5.75 Å². The summed E-state index contributed by atoms with van der Waals surface area (Å²) in [6.07, 6.45) is -1.35. The van der Waals surface area contributed by atoms with Crippen LogP contribution < -0.4 is 15.4 Å². The van der Waals surface area contributed by atoms with Crippen LogP contribution in [-0.4, -0.2) is 88.0 Å². The number of amides is 1. The fraction of sp³-hybridized carbons (Fsp3) is 0.483. The molecule has 43 heavy (non-hydrogen) atoms. The van der Waals surface area contributed by atoms with E-state index in [0.29, 0.717) is 38.3 Å². The minimum atomic E-state index is -5.08. The molecule has 1 aliphatic heterocycles. The molecular weight excluding hydrogens is 589 g/mol. The molecule has 0 aliphatic carbocycles. The minimum absolute atomic E-state index is 0.0550. The molecule has 2 aromatic carbocycles. The Morgan fingerprint density at radius 1 is 1.09 bits per heavy atom. The summed E-state index contributed by atoms with van der Waals surface area (Å²) in [4.78, 5) is 27.8. The molecule has 0 saturated heterocycles. The highest BCUT2D eigenvalue weighted by molar-refractivity contribution is 7.91. The Bertz CT molecular complexity index is 1300. The largest absolute Gasteiger partial charge is 0.494 e. The number of hydrogen-bond acceptors (Lipinski definition) is 8. The molecule has 14 heteroatoms. The molecule has 2 aromatic rings. The van der Waals surface area contributed by atoms with E-state index >= 15 is 0 Å². The van der Waals surface area contributed by atoms with Gasteiger partial charge >= 0.3 is 12.1 Å². The number of sulfone groups is 1. The maximum absolute atomic E-state index is 12.5. The number of nitrogens with one attached hydrogen (secondary N) is 2. The molecule has 0 atom stereocenters. The van der Waals surface area contributed by atoms with Gasteiger partial charge in [-0.3, -0.25) is 9.79 Å². The lowest BCUT2D eigenvalue weighted by atomic mass is 10.1. The van der Waals surface area contributed by atoms with Gasteiger partial charge in [0.2, 0.25) is 5.91 Å². The number of carboxylic acids is 1. The highest BCUT2D eigenvalue weighted by Crippen LogP contribution is 2.17. The zero-order chi connectivity index (χ0) is 31.9. The van der Waals surface area contributed by atoms with E-state index in [9.17, 15) is 26.4 Å². The summed E-state index contributed by atoms with van der Waals surface area (Å²) >= 11 is 0. The van der Waals surface area contributed by atoms with E-state index in [2.05, 4.69) is 46.8 Å². The van der Waals surface area contributed by atoms with Crippen LogP contribution in [0.1, 0.15) is 43.7 Å². The number of carbonyl (C=O) groups is 2. The van der Waals surface area contributed by atoms with Crippen molar-refractivity contribution in [3.05, 3.63) is 59.7 Å². The van der Waals surface area contributed by atoms with Crippen molar-refractivity contribution >= 4 is 27.5 Å². The number of likely N-dealkylation sites (N-methyl/N-ethyl adjacent to an activating group) is 1. The topological polar surface area (TPSA) is 137 Å². The van der Waals surface area contributed by atoms with Crippen molar-refractivity contribution in [2.75, 3.05) is 45.7 Å². The zero-order valence-electron chi connectivity index (χ0n) is 24.3. The van der Waals surface area contributed by atoms with E-state index in [1.807, 2.05) is 0 Å². The molecule has 1 amide bonds. The van der Waals surface area contributed by atoms with Crippen molar-refractivity contribution in [3.63, 3.8) is 0 Å². The van der Waals surface area contributed by atoms with Crippen LogP contribution in [0.25, 0.3) is 0 Å². The number of aliphatic imine (C=N–C) groups is 1. The monoisotopic (exact) mass is 628 g/mol. The first-order valence-corrected chi connectivity index (χ1v) is 15.6. The summed E-state index contributed by atoms with van der Waals surface area (Å²) in [5.74, 6) is -1.25. The Balaban J connectivity index is 0.000000821. The average molecular weight is 629 g/mol. The van der Waals surface area contributed by atoms with Gasteiger partial charge in [0.25, 0.3) is 0 Å². The normalized spacial score (nSPS) is 12.9. The smallest absolute Gasteiger partial charge is 0.490 e. The number of halogens is 3. The van der Waals surface area contributed by atoms with Gasteiger partial charge in [-0.25, -0.2) is 13.2 Å². The number of alkyl halides is 3. The van der Waals surface area contributed by atoms with Gasteiger partial charge in [-0.05, 0) is 55.6 Å². The lowest BCUT2D eigenvalue weighted by Crippen LogP contribution is -2.30. The number of nitrogens with zero attached hydrogens (tertiary/aromatic N) is 2. The second-order valence-corrected chi connectivity index (χ2v) is 11.7. The first-order valence-electron chi connectivity index (χ1n) is 13.9. The number of carbonyl (C=O) groups excluding carboxylic acids is 1. The number of carboxylic acid groups (broad SMARTS) is 1. The number of ether oxygens (including phenoxy) is 1. The number of benzene rings is 2. The van der Waals surface area contributed by atoms with Gasteiger partial charge < -0.3 is 25.4 Å². The van der Waals surface area contributed by atoms with Crippen molar-refractivity contribution in [2.24, 2.45) is 4.99 Å². The van der Waals surface area contributed by atoms with Gasteiger partial charge in [0.15, 0.2) is 9.84 Å². The molecule has 10 nitrogen and oxygen atoms in total.